The van der Waals surface area contributed by atoms with Crippen LogP contribution in [0.4, 0.5) is 0 Å². The normalized spacial score (nSPS) is 19.6. The molecule has 1 saturated heterocycles. The van der Waals surface area contributed by atoms with E-state index < -0.39 is 10.0 Å². The molecule has 0 saturated carbocycles. The Balaban J connectivity index is 2.26. The standard InChI is InChI=1S/C15H24N2O3S/c1-12(2)16-10-13-6-4-5-7-15(13)21(18,19)17(3)14-8-9-20-11-14/h4-7,12,14,16H,8-11H2,1-3H3. The SMILES string of the molecule is CC(C)NCc1ccccc1S(=O)(=O)N(C)C1CCOC1. The second-order valence-electron chi connectivity index (χ2n) is 5.68. The molecule has 6 heteroatoms. The van der Waals surface area contributed by atoms with Crippen LogP contribution in [0.25, 0.3) is 0 Å². The third kappa shape index (κ3) is 3.83. The quantitative estimate of drug-likeness (QED) is 0.867. The first-order valence-corrected chi connectivity index (χ1v) is 8.74. The lowest BCUT2D eigenvalue weighted by molar-refractivity contribution is 0.181. The van der Waals surface area contributed by atoms with Gasteiger partial charge in [-0.15, -0.1) is 0 Å². The maximum absolute atomic E-state index is 12.8. The molecular weight excluding hydrogens is 288 g/mol. The van der Waals surface area contributed by atoms with Gasteiger partial charge in [0.15, 0.2) is 0 Å². The van der Waals surface area contributed by atoms with Gasteiger partial charge in [-0.2, -0.15) is 4.31 Å². The summed E-state index contributed by atoms with van der Waals surface area (Å²) < 4.78 is 32.4. The Hall–Kier alpha value is -0.950. The van der Waals surface area contributed by atoms with E-state index in [0.717, 1.165) is 12.0 Å². The highest BCUT2D eigenvalue weighted by Gasteiger charge is 2.31. The summed E-state index contributed by atoms with van der Waals surface area (Å²) in [4.78, 5) is 0.382. The molecular formula is C15H24N2O3S. The lowest BCUT2D eigenvalue weighted by Gasteiger charge is -2.24. The Morgan fingerprint density at radius 3 is 2.71 bits per heavy atom. The molecule has 1 atom stereocenters. The van der Waals surface area contributed by atoms with Crippen molar-refractivity contribution in [3.8, 4) is 0 Å². The summed E-state index contributed by atoms with van der Waals surface area (Å²) >= 11 is 0. The molecule has 1 aliphatic heterocycles. The molecule has 5 nitrogen and oxygen atoms in total. The fourth-order valence-corrected chi connectivity index (χ4v) is 3.97. The van der Waals surface area contributed by atoms with Gasteiger partial charge in [-0.25, -0.2) is 8.42 Å². The smallest absolute Gasteiger partial charge is 0.243 e. The van der Waals surface area contributed by atoms with Crippen molar-refractivity contribution in [2.45, 2.75) is 43.8 Å². The highest BCUT2D eigenvalue weighted by molar-refractivity contribution is 7.89. The molecule has 0 radical (unpaired) electrons. The van der Waals surface area contributed by atoms with Crippen LogP contribution in [-0.4, -0.2) is 45.1 Å². The van der Waals surface area contributed by atoms with Crippen molar-refractivity contribution in [3.05, 3.63) is 29.8 Å². The predicted molar refractivity (Wildman–Crippen MR) is 82.6 cm³/mol. The summed E-state index contributed by atoms with van der Waals surface area (Å²) in [6.07, 6.45) is 0.752. The number of rotatable bonds is 6. The van der Waals surface area contributed by atoms with Crippen LogP contribution in [0, 0.1) is 0 Å². The van der Waals surface area contributed by atoms with E-state index in [1.807, 2.05) is 26.0 Å². The molecule has 1 aromatic rings. The molecule has 0 amide bonds. The summed E-state index contributed by atoms with van der Waals surface area (Å²) in [7, 11) is -1.85. The molecule has 21 heavy (non-hydrogen) atoms. The van der Waals surface area contributed by atoms with Gasteiger partial charge in [0, 0.05) is 26.2 Å². The van der Waals surface area contributed by atoms with Crippen molar-refractivity contribution in [3.63, 3.8) is 0 Å². The van der Waals surface area contributed by atoms with E-state index in [2.05, 4.69) is 5.32 Å². The van der Waals surface area contributed by atoms with Crippen molar-refractivity contribution in [2.24, 2.45) is 0 Å². The van der Waals surface area contributed by atoms with E-state index in [9.17, 15) is 8.42 Å². The zero-order valence-corrected chi connectivity index (χ0v) is 13.7. The summed E-state index contributed by atoms with van der Waals surface area (Å²) in [5.41, 5.74) is 0.803. The van der Waals surface area contributed by atoms with Crippen LogP contribution in [0.5, 0.6) is 0 Å². The average Bonchev–Trinajstić information content (AvgIpc) is 2.98. The Labute approximate surface area is 127 Å². The van der Waals surface area contributed by atoms with Gasteiger partial charge in [0.1, 0.15) is 0 Å². The number of nitrogens with zero attached hydrogens (tertiary/aromatic N) is 1. The number of nitrogens with one attached hydrogen (secondary N) is 1. The van der Waals surface area contributed by atoms with Crippen LogP contribution in [0.1, 0.15) is 25.8 Å². The number of hydrogen-bond acceptors (Lipinski definition) is 4. The van der Waals surface area contributed by atoms with E-state index in [4.69, 9.17) is 4.74 Å². The summed E-state index contributed by atoms with van der Waals surface area (Å²) in [6, 6.07) is 7.42. The third-order valence-electron chi connectivity index (χ3n) is 3.75. The second-order valence-corrected chi connectivity index (χ2v) is 7.65. The maximum atomic E-state index is 12.8. The molecule has 1 N–H and O–H groups in total. The number of benzene rings is 1. The molecule has 0 aromatic heterocycles. The van der Waals surface area contributed by atoms with Gasteiger partial charge in [0.05, 0.1) is 17.5 Å². The number of ether oxygens (including phenoxy) is 1. The Bertz CT molecular complexity index is 566. The molecule has 0 spiro atoms. The minimum absolute atomic E-state index is 0.0684. The van der Waals surface area contributed by atoms with Gasteiger partial charge in [0.25, 0.3) is 0 Å². The minimum Gasteiger partial charge on any atom is -0.380 e. The van der Waals surface area contributed by atoms with Gasteiger partial charge in [-0.05, 0) is 18.1 Å². The van der Waals surface area contributed by atoms with Crippen molar-refractivity contribution in [1.29, 1.82) is 0 Å². The van der Waals surface area contributed by atoms with Gasteiger partial charge in [-0.3, -0.25) is 0 Å². The lowest BCUT2D eigenvalue weighted by atomic mass is 10.2. The average molecular weight is 312 g/mol. The fraction of sp³-hybridized carbons (Fsp3) is 0.600. The van der Waals surface area contributed by atoms with E-state index in [1.165, 1.54) is 4.31 Å². The molecule has 1 fully saturated rings. The molecule has 0 aliphatic carbocycles. The van der Waals surface area contributed by atoms with Crippen LogP contribution in [0.2, 0.25) is 0 Å². The van der Waals surface area contributed by atoms with E-state index in [-0.39, 0.29) is 6.04 Å². The van der Waals surface area contributed by atoms with Gasteiger partial charge in [0.2, 0.25) is 10.0 Å². The van der Waals surface area contributed by atoms with Crippen molar-refractivity contribution >= 4 is 10.0 Å². The van der Waals surface area contributed by atoms with Gasteiger partial charge < -0.3 is 10.1 Å². The van der Waals surface area contributed by atoms with Crippen LogP contribution in [0.3, 0.4) is 0 Å². The van der Waals surface area contributed by atoms with E-state index in [0.29, 0.717) is 30.7 Å². The molecule has 2 rings (SSSR count). The zero-order valence-electron chi connectivity index (χ0n) is 12.9. The number of hydrogen-bond donors (Lipinski definition) is 1. The first-order chi connectivity index (χ1) is 9.93. The maximum Gasteiger partial charge on any atom is 0.243 e. The van der Waals surface area contributed by atoms with Crippen molar-refractivity contribution < 1.29 is 13.2 Å². The van der Waals surface area contributed by atoms with Crippen LogP contribution < -0.4 is 5.32 Å². The van der Waals surface area contributed by atoms with Crippen molar-refractivity contribution in [2.75, 3.05) is 20.3 Å². The number of likely N-dealkylation sites (N-methyl/N-ethyl adjacent to an activating group) is 1. The second kappa shape index (κ2) is 6.87. The summed E-state index contributed by atoms with van der Waals surface area (Å²) in [6.45, 7) is 5.73. The van der Waals surface area contributed by atoms with Crippen LogP contribution in [0.15, 0.2) is 29.2 Å². The lowest BCUT2D eigenvalue weighted by Crippen LogP contribution is -2.38. The van der Waals surface area contributed by atoms with Crippen LogP contribution >= 0.6 is 0 Å². The molecule has 118 valence electrons. The molecule has 0 bridgehead atoms. The summed E-state index contributed by atoms with van der Waals surface area (Å²) in [5.74, 6) is 0. The monoisotopic (exact) mass is 312 g/mol. The largest absolute Gasteiger partial charge is 0.380 e. The zero-order chi connectivity index (χ0) is 15.5. The minimum atomic E-state index is -3.49. The number of sulfonamides is 1. The predicted octanol–water partition coefficient (Wildman–Crippen LogP) is 1.59. The van der Waals surface area contributed by atoms with Gasteiger partial charge >= 0.3 is 0 Å². The van der Waals surface area contributed by atoms with Crippen molar-refractivity contribution in [1.82, 2.24) is 9.62 Å². The molecule has 1 aromatic carbocycles. The van der Waals surface area contributed by atoms with Crippen LogP contribution in [-0.2, 0) is 21.3 Å². The Morgan fingerprint density at radius 2 is 2.10 bits per heavy atom. The molecule has 1 unspecified atom stereocenters. The Kier molecular flexibility index (Phi) is 5.37. The summed E-state index contributed by atoms with van der Waals surface area (Å²) in [5, 5.41) is 3.28. The van der Waals surface area contributed by atoms with E-state index in [1.54, 1.807) is 19.2 Å². The Morgan fingerprint density at radius 1 is 1.38 bits per heavy atom. The fourth-order valence-electron chi connectivity index (χ4n) is 2.38. The highest BCUT2D eigenvalue weighted by Crippen LogP contribution is 2.23. The highest BCUT2D eigenvalue weighted by atomic mass is 32.2. The topological polar surface area (TPSA) is 58.6 Å². The van der Waals surface area contributed by atoms with Gasteiger partial charge in [-0.1, -0.05) is 32.0 Å². The first-order valence-electron chi connectivity index (χ1n) is 7.30. The van der Waals surface area contributed by atoms with E-state index >= 15 is 0 Å². The third-order valence-corrected chi connectivity index (χ3v) is 5.76. The first kappa shape index (κ1) is 16.4. The molecule has 1 heterocycles. The molecule has 1 aliphatic rings.